The number of amidine groups is 1. The first-order valence-corrected chi connectivity index (χ1v) is 5.73. The number of ether oxygens (including phenoxy) is 1. The minimum atomic E-state index is 0.247. The number of nitrogens with two attached hydrogens (primary N) is 1. The third-order valence-electron chi connectivity index (χ3n) is 2.72. The van der Waals surface area contributed by atoms with Gasteiger partial charge in [0.05, 0.1) is 17.8 Å². The van der Waals surface area contributed by atoms with Gasteiger partial charge in [-0.25, -0.2) is 0 Å². The summed E-state index contributed by atoms with van der Waals surface area (Å²) in [7, 11) is 1.59. The van der Waals surface area contributed by atoms with Crippen molar-refractivity contribution in [1.82, 2.24) is 0 Å². The van der Waals surface area contributed by atoms with Crippen LogP contribution >= 0.6 is 11.6 Å². The smallest absolute Gasteiger partial charge is 0.137 e. The summed E-state index contributed by atoms with van der Waals surface area (Å²) in [5.74, 6) is 1.47. The third-order valence-corrected chi connectivity index (χ3v) is 3.01. The second-order valence-electron chi connectivity index (χ2n) is 4.03. The van der Waals surface area contributed by atoms with Gasteiger partial charge in [0.15, 0.2) is 0 Å². The van der Waals surface area contributed by atoms with Crippen LogP contribution in [0.4, 0.5) is 0 Å². The molecule has 0 spiro atoms. The molecule has 4 nitrogen and oxygen atoms in total. The van der Waals surface area contributed by atoms with Gasteiger partial charge in [0, 0.05) is 12.3 Å². The van der Waals surface area contributed by atoms with E-state index >= 15 is 0 Å². The highest BCUT2D eigenvalue weighted by Crippen LogP contribution is 2.27. The molecule has 2 N–H and O–H groups in total. The van der Waals surface area contributed by atoms with Crippen LogP contribution in [0.1, 0.15) is 18.9 Å². The molecule has 0 aromatic heterocycles. The second kappa shape index (κ2) is 4.75. The van der Waals surface area contributed by atoms with Crippen molar-refractivity contribution in [2.24, 2.45) is 21.9 Å². The predicted octanol–water partition coefficient (Wildman–Crippen LogP) is 2.45. The van der Waals surface area contributed by atoms with E-state index in [9.17, 15) is 0 Å². The van der Waals surface area contributed by atoms with Gasteiger partial charge in [-0.15, -0.1) is 5.10 Å². The lowest BCUT2D eigenvalue weighted by Gasteiger charge is -2.17. The number of rotatable bonds is 2. The van der Waals surface area contributed by atoms with Gasteiger partial charge in [0.25, 0.3) is 0 Å². The van der Waals surface area contributed by atoms with Crippen LogP contribution in [0.25, 0.3) is 0 Å². The standard InChI is InChI=1S/C12H14ClN3O/c1-7-5-11(14)15-16-12(7)8-3-4-10(17-2)9(13)6-8/h3-4,6-7H,5H2,1-2H3,(H2,14,15). The summed E-state index contributed by atoms with van der Waals surface area (Å²) >= 11 is 6.08. The van der Waals surface area contributed by atoms with Crippen molar-refractivity contribution in [3.63, 3.8) is 0 Å². The first kappa shape index (κ1) is 11.9. The zero-order valence-corrected chi connectivity index (χ0v) is 10.5. The van der Waals surface area contributed by atoms with Gasteiger partial charge in [-0.1, -0.05) is 18.5 Å². The lowest BCUT2D eigenvalue weighted by molar-refractivity contribution is 0.415. The van der Waals surface area contributed by atoms with E-state index in [2.05, 4.69) is 17.1 Å². The number of halogens is 1. The number of methoxy groups -OCH3 is 1. The van der Waals surface area contributed by atoms with Crippen molar-refractivity contribution in [2.75, 3.05) is 7.11 Å². The summed E-state index contributed by atoms with van der Waals surface area (Å²) in [5, 5.41) is 8.63. The van der Waals surface area contributed by atoms with Gasteiger partial charge >= 0.3 is 0 Å². The Labute approximate surface area is 105 Å². The quantitative estimate of drug-likeness (QED) is 0.878. The summed E-state index contributed by atoms with van der Waals surface area (Å²) in [4.78, 5) is 0. The lowest BCUT2D eigenvalue weighted by Crippen LogP contribution is -2.25. The minimum Gasteiger partial charge on any atom is -0.495 e. The van der Waals surface area contributed by atoms with E-state index < -0.39 is 0 Å². The topological polar surface area (TPSA) is 60.0 Å². The maximum atomic E-state index is 6.08. The predicted molar refractivity (Wildman–Crippen MR) is 69.9 cm³/mol. The molecule has 1 aromatic rings. The molecule has 0 saturated carbocycles. The lowest BCUT2D eigenvalue weighted by atomic mass is 9.94. The molecule has 90 valence electrons. The average Bonchev–Trinajstić information content (AvgIpc) is 2.29. The average molecular weight is 252 g/mol. The zero-order chi connectivity index (χ0) is 12.4. The fraction of sp³-hybridized carbons (Fsp3) is 0.333. The fourth-order valence-electron chi connectivity index (χ4n) is 1.84. The molecule has 0 radical (unpaired) electrons. The van der Waals surface area contributed by atoms with Gasteiger partial charge in [-0.2, -0.15) is 5.10 Å². The van der Waals surface area contributed by atoms with Gasteiger partial charge in [0.2, 0.25) is 0 Å². The molecule has 1 heterocycles. The van der Waals surface area contributed by atoms with E-state index in [-0.39, 0.29) is 5.92 Å². The van der Waals surface area contributed by atoms with Crippen LogP contribution in [-0.4, -0.2) is 18.7 Å². The first-order valence-electron chi connectivity index (χ1n) is 5.35. The van der Waals surface area contributed by atoms with Crippen molar-refractivity contribution in [1.29, 1.82) is 0 Å². The van der Waals surface area contributed by atoms with E-state index in [1.54, 1.807) is 7.11 Å². The zero-order valence-electron chi connectivity index (χ0n) is 9.77. The molecule has 1 aromatic carbocycles. The van der Waals surface area contributed by atoms with Gasteiger partial charge in [0.1, 0.15) is 11.6 Å². The van der Waals surface area contributed by atoms with Gasteiger partial charge < -0.3 is 10.5 Å². The molecule has 1 atom stereocenters. The van der Waals surface area contributed by atoms with Gasteiger partial charge in [-0.05, 0) is 23.8 Å². The number of benzene rings is 1. The summed E-state index contributed by atoms with van der Waals surface area (Å²) in [6.07, 6.45) is 0.725. The molecule has 2 rings (SSSR count). The Morgan fingerprint density at radius 2 is 2.18 bits per heavy atom. The monoisotopic (exact) mass is 251 g/mol. The van der Waals surface area contributed by atoms with Crippen molar-refractivity contribution in [3.8, 4) is 5.75 Å². The van der Waals surface area contributed by atoms with Crippen LogP contribution in [0, 0.1) is 5.92 Å². The highest BCUT2D eigenvalue weighted by atomic mass is 35.5. The largest absolute Gasteiger partial charge is 0.495 e. The summed E-state index contributed by atoms with van der Waals surface area (Å²) < 4.78 is 5.11. The molecule has 5 heteroatoms. The van der Waals surface area contributed by atoms with Crippen LogP contribution in [0.3, 0.4) is 0 Å². The summed E-state index contributed by atoms with van der Waals surface area (Å²) in [6, 6.07) is 5.60. The molecule has 0 fully saturated rings. The molecule has 1 aliphatic heterocycles. The first-order chi connectivity index (χ1) is 8.11. The Kier molecular flexibility index (Phi) is 3.33. The van der Waals surface area contributed by atoms with Crippen molar-refractivity contribution in [3.05, 3.63) is 28.8 Å². The van der Waals surface area contributed by atoms with Gasteiger partial charge in [-0.3, -0.25) is 0 Å². The van der Waals surface area contributed by atoms with Crippen LogP contribution in [0.15, 0.2) is 28.4 Å². The highest BCUT2D eigenvalue weighted by Gasteiger charge is 2.19. The Hall–Kier alpha value is -1.55. The number of hydrogen-bond acceptors (Lipinski definition) is 4. The van der Waals surface area contributed by atoms with E-state index in [1.165, 1.54) is 0 Å². The Balaban J connectivity index is 2.38. The Morgan fingerprint density at radius 3 is 2.76 bits per heavy atom. The van der Waals surface area contributed by atoms with Crippen LogP contribution in [0.2, 0.25) is 5.02 Å². The molecular formula is C12H14ClN3O. The van der Waals surface area contributed by atoms with Crippen LogP contribution < -0.4 is 10.5 Å². The summed E-state index contributed by atoms with van der Waals surface area (Å²) in [5.41, 5.74) is 7.50. The van der Waals surface area contributed by atoms with Crippen molar-refractivity contribution < 1.29 is 4.74 Å². The molecule has 1 aliphatic rings. The number of nitrogens with zero attached hydrogens (tertiary/aromatic N) is 2. The third kappa shape index (κ3) is 2.42. The molecule has 0 amide bonds. The SMILES string of the molecule is COc1ccc(C2=NN=C(N)CC2C)cc1Cl. The molecule has 0 bridgehead atoms. The molecule has 0 saturated heterocycles. The molecule has 17 heavy (non-hydrogen) atoms. The van der Waals surface area contributed by atoms with Crippen LogP contribution in [-0.2, 0) is 0 Å². The fourth-order valence-corrected chi connectivity index (χ4v) is 2.09. The van der Waals surface area contributed by atoms with Crippen molar-refractivity contribution >= 4 is 23.1 Å². The maximum absolute atomic E-state index is 6.08. The molecular weight excluding hydrogens is 238 g/mol. The van der Waals surface area contributed by atoms with Crippen molar-refractivity contribution in [2.45, 2.75) is 13.3 Å². The Morgan fingerprint density at radius 1 is 1.41 bits per heavy atom. The maximum Gasteiger partial charge on any atom is 0.137 e. The molecule has 0 aliphatic carbocycles. The second-order valence-corrected chi connectivity index (χ2v) is 4.44. The Bertz CT molecular complexity index is 497. The highest BCUT2D eigenvalue weighted by molar-refractivity contribution is 6.32. The number of hydrogen-bond donors (Lipinski definition) is 1. The van der Waals surface area contributed by atoms with E-state index in [0.717, 1.165) is 17.7 Å². The van der Waals surface area contributed by atoms with E-state index in [0.29, 0.717) is 16.6 Å². The van der Waals surface area contributed by atoms with E-state index in [1.807, 2.05) is 18.2 Å². The normalized spacial score (nSPS) is 19.6. The molecule has 1 unspecified atom stereocenters. The van der Waals surface area contributed by atoms with E-state index in [4.69, 9.17) is 22.1 Å². The summed E-state index contributed by atoms with van der Waals surface area (Å²) in [6.45, 7) is 2.07. The van der Waals surface area contributed by atoms with Crippen LogP contribution in [0.5, 0.6) is 5.75 Å². The minimum absolute atomic E-state index is 0.247.